The van der Waals surface area contributed by atoms with Crippen molar-refractivity contribution in [1.29, 1.82) is 0 Å². The minimum atomic E-state index is 0.807. The zero-order valence-corrected chi connectivity index (χ0v) is 11.3. The Morgan fingerprint density at radius 2 is 2.37 bits per heavy atom. The molecule has 3 rings (SSSR count). The molecule has 1 aliphatic heterocycles. The van der Waals surface area contributed by atoms with E-state index in [0.29, 0.717) is 0 Å². The molecule has 0 amide bonds. The Morgan fingerprint density at radius 3 is 3.26 bits per heavy atom. The third kappa shape index (κ3) is 2.72. The summed E-state index contributed by atoms with van der Waals surface area (Å²) < 4.78 is 7.78. The van der Waals surface area contributed by atoms with Crippen molar-refractivity contribution in [3.05, 3.63) is 41.9 Å². The van der Waals surface area contributed by atoms with Gasteiger partial charge in [-0.25, -0.2) is 4.98 Å². The highest BCUT2D eigenvalue weighted by atomic mass is 16.3. The van der Waals surface area contributed by atoms with Gasteiger partial charge in [-0.3, -0.25) is 4.90 Å². The van der Waals surface area contributed by atoms with Gasteiger partial charge in [0.2, 0.25) is 0 Å². The van der Waals surface area contributed by atoms with Gasteiger partial charge in [0, 0.05) is 37.6 Å². The largest absolute Gasteiger partial charge is 0.468 e. The minimum Gasteiger partial charge on any atom is -0.468 e. The number of fused-ring (bicyclic) bond motifs is 1. The topological polar surface area (TPSA) is 46.2 Å². The van der Waals surface area contributed by atoms with Crippen molar-refractivity contribution in [3.63, 3.8) is 0 Å². The highest BCUT2D eigenvalue weighted by Crippen LogP contribution is 2.17. The van der Waals surface area contributed by atoms with Crippen LogP contribution in [0, 0.1) is 0 Å². The molecule has 0 saturated heterocycles. The van der Waals surface area contributed by atoms with Crippen LogP contribution in [0.25, 0.3) is 0 Å². The number of aromatic nitrogens is 2. The average Bonchev–Trinajstić information content (AvgIpc) is 3.05. The standard InChI is InChI=1S/C14H20N4O/c1-2-15-9-13-12(3-8-19-13)10-17-6-7-18-5-4-16-14(18)11-17/h3-5,8,15H,2,6-7,9-11H2,1H3. The van der Waals surface area contributed by atoms with Crippen molar-refractivity contribution in [2.24, 2.45) is 0 Å². The molecular formula is C14H20N4O. The molecule has 1 N–H and O–H groups in total. The Bertz CT molecular complexity index is 531. The first-order chi connectivity index (χ1) is 9.36. The molecule has 3 heterocycles. The molecule has 2 aromatic rings. The molecule has 0 saturated carbocycles. The predicted molar refractivity (Wildman–Crippen MR) is 72.4 cm³/mol. The molecule has 0 aromatic carbocycles. The fourth-order valence-electron chi connectivity index (χ4n) is 2.50. The first-order valence-corrected chi connectivity index (χ1v) is 6.85. The number of hydrogen-bond acceptors (Lipinski definition) is 4. The Morgan fingerprint density at radius 1 is 1.42 bits per heavy atom. The summed E-state index contributed by atoms with van der Waals surface area (Å²) in [4.78, 5) is 6.81. The number of nitrogens with one attached hydrogen (secondary N) is 1. The van der Waals surface area contributed by atoms with E-state index in [2.05, 4.69) is 39.0 Å². The summed E-state index contributed by atoms with van der Waals surface area (Å²) in [7, 11) is 0. The van der Waals surface area contributed by atoms with E-state index < -0.39 is 0 Å². The van der Waals surface area contributed by atoms with Crippen molar-refractivity contribution >= 4 is 0 Å². The molecule has 0 atom stereocenters. The third-order valence-corrected chi connectivity index (χ3v) is 3.59. The second-order valence-corrected chi connectivity index (χ2v) is 4.90. The molecule has 0 unspecified atom stereocenters. The number of nitrogens with zero attached hydrogens (tertiary/aromatic N) is 3. The van der Waals surface area contributed by atoms with Gasteiger partial charge >= 0.3 is 0 Å². The maximum Gasteiger partial charge on any atom is 0.122 e. The van der Waals surface area contributed by atoms with Crippen molar-refractivity contribution in [2.75, 3.05) is 13.1 Å². The highest BCUT2D eigenvalue weighted by molar-refractivity contribution is 5.17. The number of hydrogen-bond donors (Lipinski definition) is 1. The van der Waals surface area contributed by atoms with E-state index in [9.17, 15) is 0 Å². The Kier molecular flexibility index (Phi) is 3.66. The van der Waals surface area contributed by atoms with Gasteiger partial charge in [0.25, 0.3) is 0 Å². The molecule has 0 spiro atoms. The summed E-state index contributed by atoms with van der Waals surface area (Å²) in [6.45, 7) is 7.81. The summed E-state index contributed by atoms with van der Waals surface area (Å²) in [5.41, 5.74) is 1.28. The van der Waals surface area contributed by atoms with Gasteiger partial charge < -0.3 is 14.3 Å². The Hall–Kier alpha value is -1.59. The van der Waals surface area contributed by atoms with E-state index in [1.807, 2.05) is 6.20 Å². The summed E-state index contributed by atoms with van der Waals surface area (Å²) in [6, 6.07) is 2.08. The molecule has 0 radical (unpaired) electrons. The zero-order valence-electron chi connectivity index (χ0n) is 11.3. The van der Waals surface area contributed by atoms with Crippen LogP contribution in [0.4, 0.5) is 0 Å². The van der Waals surface area contributed by atoms with Gasteiger partial charge in [-0.15, -0.1) is 0 Å². The van der Waals surface area contributed by atoms with E-state index in [0.717, 1.165) is 50.9 Å². The van der Waals surface area contributed by atoms with Gasteiger partial charge in [-0.05, 0) is 12.6 Å². The molecule has 0 fully saturated rings. The SMILES string of the molecule is CCNCc1occc1CN1CCn2ccnc2C1. The second-order valence-electron chi connectivity index (χ2n) is 4.90. The number of rotatable bonds is 5. The van der Waals surface area contributed by atoms with Crippen LogP contribution in [0.1, 0.15) is 24.1 Å². The van der Waals surface area contributed by atoms with Gasteiger partial charge in [0.15, 0.2) is 0 Å². The van der Waals surface area contributed by atoms with Crippen molar-refractivity contribution < 1.29 is 4.42 Å². The van der Waals surface area contributed by atoms with E-state index in [4.69, 9.17) is 4.42 Å². The first-order valence-electron chi connectivity index (χ1n) is 6.85. The Balaban J connectivity index is 1.64. The maximum atomic E-state index is 5.55. The molecule has 5 nitrogen and oxygen atoms in total. The molecule has 0 bridgehead atoms. The lowest BCUT2D eigenvalue weighted by molar-refractivity contribution is 0.207. The predicted octanol–water partition coefficient (Wildman–Crippen LogP) is 1.60. The Labute approximate surface area is 113 Å². The van der Waals surface area contributed by atoms with Crippen LogP contribution in [-0.2, 0) is 26.2 Å². The molecule has 102 valence electrons. The number of imidazole rings is 1. The van der Waals surface area contributed by atoms with Gasteiger partial charge in [-0.1, -0.05) is 6.92 Å². The van der Waals surface area contributed by atoms with Crippen LogP contribution in [0.5, 0.6) is 0 Å². The van der Waals surface area contributed by atoms with Crippen LogP contribution in [-0.4, -0.2) is 27.5 Å². The normalized spacial score (nSPS) is 15.6. The molecular weight excluding hydrogens is 240 g/mol. The van der Waals surface area contributed by atoms with Crippen LogP contribution in [0.15, 0.2) is 29.1 Å². The van der Waals surface area contributed by atoms with Crippen LogP contribution in [0.3, 0.4) is 0 Å². The fourth-order valence-corrected chi connectivity index (χ4v) is 2.50. The quantitative estimate of drug-likeness (QED) is 0.887. The zero-order chi connectivity index (χ0) is 13.1. The first kappa shape index (κ1) is 12.4. The lowest BCUT2D eigenvalue weighted by Gasteiger charge is -2.27. The van der Waals surface area contributed by atoms with Crippen LogP contribution >= 0.6 is 0 Å². The average molecular weight is 260 g/mol. The van der Waals surface area contributed by atoms with Crippen molar-refractivity contribution in [2.45, 2.75) is 33.1 Å². The van der Waals surface area contributed by atoms with E-state index >= 15 is 0 Å². The monoisotopic (exact) mass is 260 g/mol. The minimum absolute atomic E-state index is 0.807. The summed E-state index contributed by atoms with van der Waals surface area (Å²) in [5.74, 6) is 2.21. The van der Waals surface area contributed by atoms with Gasteiger partial charge in [-0.2, -0.15) is 0 Å². The van der Waals surface area contributed by atoms with E-state index in [1.54, 1.807) is 6.26 Å². The summed E-state index contributed by atoms with van der Waals surface area (Å²) >= 11 is 0. The fraction of sp³-hybridized carbons (Fsp3) is 0.500. The molecule has 0 aliphatic carbocycles. The maximum absolute atomic E-state index is 5.55. The van der Waals surface area contributed by atoms with Crippen molar-refractivity contribution in [1.82, 2.24) is 19.8 Å². The van der Waals surface area contributed by atoms with Crippen molar-refractivity contribution in [3.8, 4) is 0 Å². The number of furan rings is 1. The van der Waals surface area contributed by atoms with Gasteiger partial charge in [0.1, 0.15) is 11.6 Å². The van der Waals surface area contributed by atoms with Crippen LogP contribution < -0.4 is 5.32 Å². The van der Waals surface area contributed by atoms with Crippen LogP contribution in [0.2, 0.25) is 0 Å². The van der Waals surface area contributed by atoms with E-state index in [1.165, 1.54) is 5.56 Å². The smallest absolute Gasteiger partial charge is 0.122 e. The summed E-state index contributed by atoms with van der Waals surface area (Å²) in [6.07, 6.45) is 5.72. The molecule has 2 aromatic heterocycles. The van der Waals surface area contributed by atoms with Gasteiger partial charge in [0.05, 0.1) is 19.4 Å². The highest BCUT2D eigenvalue weighted by Gasteiger charge is 2.18. The second kappa shape index (κ2) is 5.59. The van der Waals surface area contributed by atoms with E-state index in [-0.39, 0.29) is 0 Å². The molecule has 19 heavy (non-hydrogen) atoms. The lowest BCUT2D eigenvalue weighted by Crippen LogP contribution is -2.33. The summed E-state index contributed by atoms with van der Waals surface area (Å²) in [5, 5.41) is 3.31. The lowest BCUT2D eigenvalue weighted by atomic mass is 10.2. The molecule has 5 heteroatoms. The third-order valence-electron chi connectivity index (χ3n) is 3.59. The molecule has 1 aliphatic rings.